The maximum Gasteiger partial charge on any atom is 0.126 e. The summed E-state index contributed by atoms with van der Waals surface area (Å²) >= 11 is 4.92. The largest absolute Gasteiger partial charge is 0.389 e. The number of nitrogens with one attached hydrogen (secondary N) is 1. The lowest BCUT2D eigenvalue weighted by Gasteiger charge is -2.16. The molecule has 4 heteroatoms. The molecule has 0 saturated carbocycles. The number of hydrogen-bond donors (Lipinski definition) is 2. The molecule has 0 aromatic carbocycles. The quantitative estimate of drug-likeness (QED) is 0.772. The second kappa shape index (κ2) is 5.80. The van der Waals surface area contributed by atoms with Gasteiger partial charge >= 0.3 is 0 Å². The van der Waals surface area contributed by atoms with Gasteiger partial charge in [0.1, 0.15) is 10.8 Å². The molecule has 0 aliphatic heterocycles. The molecule has 1 aromatic heterocycles. The van der Waals surface area contributed by atoms with Gasteiger partial charge in [-0.05, 0) is 24.0 Å². The van der Waals surface area contributed by atoms with Crippen molar-refractivity contribution in [3.05, 3.63) is 23.9 Å². The van der Waals surface area contributed by atoms with Crippen LogP contribution in [0.3, 0.4) is 0 Å². The second-order valence-electron chi connectivity index (χ2n) is 4.40. The van der Waals surface area contributed by atoms with Crippen LogP contribution in [0.1, 0.15) is 26.3 Å². The molecule has 0 radical (unpaired) electrons. The number of anilines is 1. The Labute approximate surface area is 102 Å². The highest BCUT2D eigenvalue weighted by Crippen LogP contribution is 2.12. The van der Waals surface area contributed by atoms with Crippen LogP contribution >= 0.6 is 12.2 Å². The maximum atomic E-state index is 5.56. The smallest absolute Gasteiger partial charge is 0.126 e. The van der Waals surface area contributed by atoms with E-state index in [2.05, 4.69) is 31.1 Å². The van der Waals surface area contributed by atoms with E-state index in [-0.39, 0.29) is 0 Å². The molecular weight excluding hydrogens is 218 g/mol. The summed E-state index contributed by atoms with van der Waals surface area (Å²) in [5.74, 6) is 2.10. The monoisotopic (exact) mass is 237 g/mol. The highest BCUT2D eigenvalue weighted by molar-refractivity contribution is 7.80. The standard InChI is InChI=1S/C12H19N3S/c1-8(2)9(3)7-15-11-6-10(12(13)16)4-5-14-11/h4-6,8-9H,7H2,1-3H3,(H2,13,16)(H,14,15). The van der Waals surface area contributed by atoms with Crippen LogP contribution in [0.15, 0.2) is 18.3 Å². The number of nitrogens with zero attached hydrogens (tertiary/aromatic N) is 1. The number of aromatic nitrogens is 1. The van der Waals surface area contributed by atoms with Gasteiger partial charge in [0.05, 0.1) is 0 Å². The molecule has 1 rings (SSSR count). The number of rotatable bonds is 5. The van der Waals surface area contributed by atoms with E-state index in [9.17, 15) is 0 Å². The van der Waals surface area contributed by atoms with Crippen molar-refractivity contribution in [3.8, 4) is 0 Å². The molecule has 0 spiro atoms. The van der Waals surface area contributed by atoms with Gasteiger partial charge in [-0.15, -0.1) is 0 Å². The molecule has 1 heterocycles. The van der Waals surface area contributed by atoms with Crippen LogP contribution < -0.4 is 11.1 Å². The first-order chi connectivity index (χ1) is 7.50. The Kier molecular flexibility index (Phi) is 4.68. The van der Waals surface area contributed by atoms with Crippen LogP contribution in [-0.4, -0.2) is 16.5 Å². The van der Waals surface area contributed by atoms with Crippen molar-refractivity contribution in [3.63, 3.8) is 0 Å². The van der Waals surface area contributed by atoms with Crippen molar-refractivity contribution < 1.29 is 0 Å². The molecule has 88 valence electrons. The van der Waals surface area contributed by atoms with E-state index in [1.165, 1.54) is 0 Å². The van der Waals surface area contributed by atoms with Crippen molar-refractivity contribution >= 4 is 23.0 Å². The minimum atomic E-state index is 0.405. The maximum absolute atomic E-state index is 5.56. The molecule has 1 atom stereocenters. The number of nitrogens with two attached hydrogens (primary N) is 1. The van der Waals surface area contributed by atoms with Crippen LogP contribution in [0, 0.1) is 11.8 Å². The summed E-state index contributed by atoms with van der Waals surface area (Å²) in [4.78, 5) is 4.63. The normalized spacial score (nSPS) is 12.5. The van der Waals surface area contributed by atoms with E-state index in [1.54, 1.807) is 6.20 Å². The topological polar surface area (TPSA) is 50.9 Å². The summed E-state index contributed by atoms with van der Waals surface area (Å²) in [6.07, 6.45) is 1.72. The third-order valence-corrected chi connectivity index (χ3v) is 3.02. The van der Waals surface area contributed by atoms with E-state index in [4.69, 9.17) is 18.0 Å². The first-order valence-electron chi connectivity index (χ1n) is 5.50. The molecule has 0 aliphatic rings. The Balaban J connectivity index is 2.61. The molecular formula is C12H19N3S. The molecule has 0 bridgehead atoms. The summed E-state index contributed by atoms with van der Waals surface area (Å²) in [5, 5.41) is 3.29. The average Bonchev–Trinajstić information content (AvgIpc) is 2.26. The number of pyridine rings is 1. The van der Waals surface area contributed by atoms with E-state index < -0.39 is 0 Å². The zero-order valence-corrected chi connectivity index (χ0v) is 10.8. The average molecular weight is 237 g/mol. The summed E-state index contributed by atoms with van der Waals surface area (Å²) in [7, 11) is 0. The lowest BCUT2D eigenvalue weighted by Crippen LogP contribution is -2.17. The first kappa shape index (κ1) is 12.9. The minimum Gasteiger partial charge on any atom is -0.389 e. The third kappa shape index (κ3) is 3.77. The molecule has 0 saturated heterocycles. The van der Waals surface area contributed by atoms with Gasteiger partial charge in [-0.25, -0.2) is 4.98 Å². The highest BCUT2D eigenvalue weighted by Gasteiger charge is 2.07. The van der Waals surface area contributed by atoms with Crippen LogP contribution in [0.2, 0.25) is 0 Å². The Hall–Kier alpha value is -1.16. The lowest BCUT2D eigenvalue weighted by molar-refractivity contribution is 0.439. The van der Waals surface area contributed by atoms with Crippen molar-refractivity contribution in [1.29, 1.82) is 0 Å². The van der Waals surface area contributed by atoms with E-state index in [0.717, 1.165) is 17.9 Å². The van der Waals surface area contributed by atoms with Gasteiger partial charge in [-0.1, -0.05) is 33.0 Å². The van der Waals surface area contributed by atoms with Crippen molar-refractivity contribution in [2.75, 3.05) is 11.9 Å². The molecule has 3 N–H and O–H groups in total. The molecule has 3 nitrogen and oxygen atoms in total. The minimum absolute atomic E-state index is 0.405. The zero-order chi connectivity index (χ0) is 12.1. The number of thiocarbonyl (C=S) groups is 1. The van der Waals surface area contributed by atoms with Gasteiger partial charge in [-0.2, -0.15) is 0 Å². The summed E-state index contributed by atoms with van der Waals surface area (Å²) in [5.41, 5.74) is 6.41. The molecule has 1 unspecified atom stereocenters. The van der Waals surface area contributed by atoms with Crippen molar-refractivity contribution in [2.24, 2.45) is 17.6 Å². The Morgan fingerprint density at radius 2 is 2.19 bits per heavy atom. The molecule has 0 amide bonds. The zero-order valence-electron chi connectivity index (χ0n) is 10.0. The van der Waals surface area contributed by atoms with E-state index in [0.29, 0.717) is 16.8 Å². The fraction of sp³-hybridized carbons (Fsp3) is 0.500. The van der Waals surface area contributed by atoms with Gasteiger partial charge in [-0.3, -0.25) is 0 Å². The Bertz CT molecular complexity index is 363. The Morgan fingerprint density at radius 1 is 1.50 bits per heavy atom. The predicted octanol–water partition coefficient (Wildman–Crippen LogP) is 2.42. The van der Waals surface area contributed by atoms with E-state index >= 15 is 0 Å². The molecule has 0 aliphatic carbocycles. The highest BCUT2D eigenvalue weighted by atomic mass is 32.1. The van der Waals surface area contributed by atoms with Gasteiger partial charge in [0.25, 0.3) is 0 Å². The van der Waals surface area contributed by atoms with Crippen LogP contribution in [-0.2, 0) is 0 Å². The second-order valence-corrected chi connectivity index (χ2v) is 4.84. The van der Waals surface area contributed by atoms with Crippen molar-refractivity contribution in [1.82, 2.24) is 4.98 Å². The van der Waals surface area contributed by atoms with Gasteiger partial charge in [0, 0.05) is 18.3 Å². The first-order valence-corrected chi connectivity index (χ1v) is 5.91. The van der Waals surface area contributed by atoms with E-state index in [1.807, 2.05) is 12.1 Å². The van der Waals surface area contributed by atoms with Crippen LogP contribution in [0.4, 0.5) is 5.82 Å². The molecule has 16 heavy (non-hydrogen) atoms. The van der Waals surface area contributed by atoms with Gasteiger partial charge in [0.15, 0.2) is 0 Å². The fourth-order valence-corrected chi connectivity index (χ4v) is 1.31. The molecule has 1 aromatic rings. The van der Waals surface area contributed by atoms with Crippen molar-refractivity contribution in [2.45, 2.75) is 20.8 Å². The number of hydrogen-bond acceptors (Lipinski definition) is 3. The summed E-state index contributed by atoms with van der Waals surface area (Å²) < 4.78 is 0. The Morgan fingerprint density at radius 3 is 2.75 bits per heavy atom. The van der Waals surface area contributed by atoms with Crippen LogP contribution in [0.5, 0.6) is 0 Å². The summed E-state index contributed by atoms with van der Waals surface area (Å²) in [6, 6.07) is 3.70. The summed E-state index contributed by atoms with van der Waals surface area (Å²) in [6.45, 7) is 7.55. The predicted molar refractivity (Wildman–Crippen MR) is 72.6 cm³/mol. The van der Waals surface area contributed by atoms with Gasteiger partial charge < -0.3 is 11.1 Å². The fourth-order valence-electron chi connectivity index (χ4n) is 1.18. The SMILES string of the molecule is CC(C)C(C)CNc1cc(C(N)=S)ccn1. The van der Waals surface area contributed by atoms with Gasteiger partial charge in [0.2, 0.25) is 0 Å². The third-order valence-electron chi connectivity index (χ3n) is 2.79. The lowest BCUT2D eigenvalue weighted by atomic mass is 9.98. The molecule has 0 fully saturated rings. The van der Waals surface area contributed by atoms with Crippen LogP contribution in [0.25, 0.3) is 0 Å².